The minimum atomic E-state index is -3.43. The fourth-order valence-corrected chi connectivity index (χ4v) is 2.00. The van der Waals surface area contributed by atoms with E-state index in [0.717, 1.165) is 13.0 Å². The van der Waals surface area contributed by atoms with E-state index in [1.54, 1.807) is 6.07 Å². The minimum absolute atomic E-state index is 0.440. The summed E-state index contributed by atoms with van der Waals surface area (Å²) in [6.45, 7) is 2.60. The van der Waals surface area contributed by atoms with Crippen LogP contribution < -0.4 is 5.32 Å². The molecule has 0 aliphatic carbocycles. The predicted molar refractivity (Wildman–Crippen MR) is 55.2 cm³/mol. The molecule has 0 aromatic heterocycles. The zero-order chi connectivity index (χ0) is 11.2. The highest BCUT2D eigenvalue weighted by Crippen LogP contribution is 2.05. The van der Waals surface area contributed by atoms with Gasteiger partial charge in [0.2, 0.25) is 10.0 Å². The topological polar surface area (TPSA) is 73.2 Å². The molecule has 82 valence electrons. The highest BCUT2D eigenvalue weighted by Gasteiger charge is 2.24. The van der Waals surface area contributed by atoms with Gasteiger partial charge in [0.1, 0.15) is 0 Å². The molecule has 0 spiro atoms. The third kappa shape index (κ3) is 3.62. The Labute approximate surface area is 85.8 Å². The van der Waals surface area contributed by atoms with Crippen LogP contribution in [0.3, 0.4) is 0 Å². The molecule has 14 heavy (non-hydrogen) atoms. The molecule has 6 heteroatoms. The Balaban J connectivity index is 4.24. The van der Waals surface area contributed by atoms with Crippen molar-refractivity contribution < 1.29 is 8.42 Å². The molecule has 0 aromatic carbocycles. The molecule has 1 unspecified atom stereocenters. The van der Waals surface area contributed by atoms with Crippen LogP contribution in [0.25, 0.3) is 0 Å². The van der Waals surface area contributed by atoms with Crippen molar-refractivity contribution in [3.05, 3.63) is 0 Å². The highest BCUT2D eigenvalue weighted by molar-refractivity contribution is 7.89. The first-order chi connectivity index (χ1) is 6.46. The summed E-state index contributed by atoms with van der Waals surface area (Å²) in [6.07, 6.45) is 0.740. The zero-order valence-electron chi connectivity index (χ0n) is 8.82. The molecule has 1 N–H and O–H groups in total. The Morgan fingerprint density at radius 1 is 1.57 bits per heavy atom. The van der Waals surface area contributed by atoms with E-state index in [2.05, 4.69) is 5.32 Å². The van der Waals surface area contributed by atoms with Gasteiger partial charge in [-0.25, -0.2) is 12.7 Å². The normalized spacial score (nSPS) is 13.9. The molecule has 0 saturated carbocycles. The summed E-state index contributed by atoms with van der Waals surface area (Å²) in [5.41, 5.74) is 0. The Hall–Kier alpha value is -0.640. The molecule has 0 fully saturated rings. The lowest BCUT2D eigenvalue weighted by Crippen LogP contribution is -2.35. The van der Waals surface area contributed by atoms with Gasteiger partial charge in [-0.05, 0) is 26.9 Å². The van der Waals surface area contributed by atoms with Crippen molar-refractivity contribution in [2.75, 3.05) is 27.2 Å². The molecule has 0 aliphatic rings. The summed E-state index contributed by atoms with van der Waals surface area (Å²) in [7, 11) is -0.114. The Morgan fingerprint density at radius 2 is 2.14 bits per heavy atom. The molecule has 0 aliphatic heterocycles. The molecule has 0 rings (SSSR count). The average Bonchev–Trinajstić information content (AvgIpc) is 2.16. The maximum atomic E-state index is 11.5. The van der Waals surface area contributed by atoms with Gasteiger partial charge in [0, 0.05) is 13.6 Å². The van der Waals surface area contributed by atoms with E-state index in [-0.39, 0.29) is 0 Å². The van der Waals surface area contributed by atoms with Gasteiger partial charge >= 0.3 is 0 Å². The van der Waals surface area contributed by atoms with E-state index in [4.69, 9.17) is 5.26 Å². The predicted octanol–water partition coefficient (Wildman–Crippen LogP) is -0.230. The van der Waals surface area contributed by atoms with Gasteiger partial charge in [-0.3, -0.25) is 0 Å². The second kappa shape index (κ2) is 5.96. The fourth-order valence-electron chi connectivity index (χ4n) is 0.942. The first-order valence-electron chi connectivity index (χ1n) is 4.46. The fraction of sp³-hybridized carbons (Fsp3) is 0.875. The Bertz CT molecular complexity index is 294. The summed E-state index contributed by atoms with van der Waals surface area (Å²) in [5.74, 6) is 0. The molecule has 0 radical (unpaired) electrons. The Kier molecular flexibility index (Phi) is 5.69. The standard InChI is InChI=1S/C8H17N3O2S/c1-8(7-9)14(12,13)11(3)6-4-5-10-2/h8,10H,4-6H2,1-3H3. The highest BCUT2D eigenvalue weighted by atomic mass is 32.2. The summed E-state index contributed by atoms with van der Waals surface area (Å²) in [6, 6.07) is 1.73. The maximum Gasteiger partial charge on any atom is 0.229 e. The lowest BCUT2D eigenvalue weighted by atomic mass is 10.4. The molecule has 0 bridgehead atoms. The first-order valence-corrected chi connectivity index (χ1v) is 5.96. The van der Waals surface area contributed by atoms with E-state index in [1.807, 2.05) is 7.05 Å². The number of hydrogen-bond acceptors (Lipinski definition) is 4. The van der Waals surface area contributed by atoms with Gasteiger partial charge in [-0.2, -0.15) is 5.26 Å². The van der Waals surface area contributed by atoms with Crippen LogP contribution in [0.2, 0.25) is 0 Å². The van der Waals surface area contributed by atoms with Crippen molar-refractivity contribution in [3.8, 4) is 6.07 Å². The van der Waals surface area contributed by atoms with Crippen LogP contribution in [-0.2, 0) is 10.0 Å². The van der Waals surface area contributed by atoms with Gasteiger partial charge in [-0.15, -0.1) is 0 Å². The molecule has 0 saturated heterocycles. The van der Waals surface area contributed by atoms with Crippen molar-refractivity contribution in [2.45, 2.75) is 18.6 Å². The van der Waals surface area contributed by atoms with Crippen molar-refractivity contribution in [3.63, 3.8) is 0 Å². The lowest BCUT2D eigenvalue weighted by Gasteiger charge is -2.17. The van der Waals surface area contributed by atoms with Crippen LogP contribution in [0.15, 0.2) is 0 Å². The van der Waals surface area contributed by atoms with E-state index < -0.39 is 15.3 Å². The summed E-state index contributed by atoms with van der Waals surface area (Å²) < 4.78 is 24.3. The second-order valence-electron chi connectivity index (χ2n) is 3.09. The molecular weight excluding hydrogens is 202 g/mol. The number of nitrogens with one attached hydrogen (secondary N) is 1. The molecule has 5 nitrogen and oxygen atoms in total. The average molecular weight is 219 g/mol. The van der Waals surface area contributed by atoms with Crippen LogP contribution in [0.1, 0.15) is 13.3 Å². The van der Waals surface area contributed by atoms with E-state index in [9.17, 15) is 8.42 Å². The van der Waals surface area contributed by atoms with E-state index in [1.165, 1.54) is 18.3 Å². The number of nitrogens with zero attached hydrogens (tertiary/aromatic N) is 2. The third-order valence-corrected chi connectivity index (χ3v) is 4.01. The van der Waals surface area contributed by atoms with Gasteiger partial charge in [0.05, 0.1) is 6.07 Å². The van der Waals surface area contributed by atoms with Gasteiger partial charge in [-0.1, -0.05) is 0 Å². The van der Waals surface area contributed by atoms with Crippen LogP contribution in [-0.4, -0.2) is 45.2 Å². The molecule has 0 amide bonds. The van der Waals surface area contributed by atoms with Crippen LogP contribution in [0.4, 0.5) is 0 Å². The first kappa shape index (κ1) is 13.4. The number of hydrogen-bond donors (Lipinski definition) is 1. The summed E-state index contributed by atoms with van der Waals surface area (Å²) in [5, 5.41) is 10.5. The van der Waals surface area contributed by atoms with Crippen molar-refractivity contribution in [1.82, 2.24) is 9.62 Å². The summed E-state index contributed by atoms with van der Waals surface area (Å²) >= 11 is 0. The van der Waals surface area contributed by atoms with E-state index >= 15 is 0 Å². The number of nitriles is 1. The largest absolute Gasteiger partial charge is 0.320 e. The second-order valence-corrected chi connectivity index (χ2v) is 5.46. The Morgan fingerprint density at radius 3 is 2.57 bits per heavy atom. The third-order valence-electron chi connectivity index (χ3n) is 1.96. The van der Waals surface area contributed by atoms with Crippen molar-refractivity contribution >= 4 is 10.0 Å². The zero-order valence-corrected chi connectivity index (χ0v) is 9.63. The van der Waals surface area contributed by atoms with Crippen LogP contribution >= 0.6 is 0 Å². The molecule has 0 aromatic rings. The van der Waals surface area contributed by atoms with Gasteiger partial charge in [0.25, 0.3) is 0 Å². The quantitative estimate of drug-likeness (QED) is 0.626. The van der Waals surface area contributed by atoms with E-state index in [0.29, 0.717) is 6.54 Å². The van der Waals surface area contributed by atoms with Gasteiger partial charge in [0.15, 0.2) is 5.25 Å². The maximum absolute atomic E-state index is 11.5. The molecular formula is C8H17N3O2S. The number of sulfonamides is 1. The molecule has 0 heterocycles. The number of rotatable bonds is 6. The van der Waals surface area contributed by atoms with Crippen LogP contribution in [0, 0.1) is 11.3 Å². The smallest absolute Gasteiger partial charge is 0.229 e. The van der Waals surface area contributed by atoms with Crippen molar-refractivity contribution in [1.29, 1.82) is 5.26 Å². The lowest BCUT2D eigenvalue weighted by molar-refractivity contribution is 0.455. The monoisotopic (exact) mass is 219 g/mol. The molecule has 1 atom stereocenters. The minimum Gasteiger partial charge on any atom is -0.320 e. The summed E-state index contributed by atoms with van der Waals surface area (Å²) in [4.78, 5) is 0. The SMILES string of the molecule is CNCCCN(C)S(=O)(=O)C(C)C#N. The van der Waals surface area contributed by atoms with Crippen molar-refractivity contribution in [2.24, 2.45) is 0 Å². The van der Waals surface area contributed by atoms with Crippen LogP contribution in [0.5, 0.6) is 0 Å². The van der Waals surface area contributed by atoms with Gasteiger partial charge < -0.3 is 5.32 Å².